The number of ether oxygens (including phenoxy) is 1. The maximum Gasteiger partial charge on any atom is 0.327 e. The van der Waals surface area contributed by atoms with Gasteiger partial charge in [0.1, 0.15) is 6.04 Å². The molecular weight excluding hydrogens is 316 g/mol. The minimum absolute atomic E-state index is 0.0715. The summed E-state index contributed by atoms with van der Waals surface area (Å²) in [4.78, 5) is 26.3. The van der Waals surface area contributed by atoms with Gasteiger partial charge in [-0.2, -0.15) is 0 Å². The lowest BCUT2D eigenvalue weighted by Crippen LogP contribution is -2.37. The third kappa shape index (κ3) is 4.67. The highest BCUT2D eigenvalue weighted by molar-refractivity contribution is 5.93. The van der Waals surface area contributed by atoms with Gasteiger partial charge in [-0.1, -0.05) is 42.5 Å². The van der Waals surface area contributed by atoms with Gasteiger partial charge in [-0.25, -0.2) is 4.79 Å². The quantitative estimate of drug-likeness (QED) is 0.821. The second-order valence-electron chi connectivity index (χ2n) is 6.05. The van der Waals surface area contributed by atoms with Gasteiger partial charge in [0.05, 0.1) is 13.7 Å². The van der Waals surface area contributed by atoms with Crippen molar-refractivity contribution in [2.24, 2.45) is 0 Å². The molecule has 2 aromatic carbocycles. The van der Waals surface area contributed by atoms with E-state index in [9.17, 15) is 9.59 Å². The van der Waals surface area contributed by atoms with Crippen molar-refractivity contribution in [3.05, 3.63) is 65.2 Å². The van der Waals surface area contributed by atoms with Gasteiger partial charge in [-0.3, -0.25) is 9.69 Å². The summed E-state index contributed by atoms with van der Waals surface area (Å²) < 4.78 is 4.91. The van der Waals surface area contributed by atoms with Crippen molar-refractivity contribution < 1.29 is 14.3 Å². The SMILES string of the molecule is COC(=O)C(c1ccccc1)N(C)CC(=O)Nc1cccc(C)c1C. The Hall–Kier alpha value is -2.66. The van der Waals surface area contributed by atoms with Gasteiger partial charge in [-0.15, -0.1) is 0 Å². The maximum absolute atomic E-state index is 12.4. The lowest BCUT2D eigenvalue weighted by Gasteiger charge is -2.25. The normalized spacial score (nSPS) is 11.9. The number of esters is 1. The number of carbonyl (C=O) groups excluding carboxylic acids is 2. The topological polar surface area (TPSA) is 58.6 Å². The van der Waals surface area contributed by atoms with E-state index >= 15 is 0 Å². The standard InChI is InChI=1S/C20H24N2O3/c1-14-9-8-12-17(15(14)2)21-18(23)13-22(3)19(20(24)25-4)16-10-6-5-7-11-16/h5-12,19H,13H2,1-4H3,(H,21,23). The summed E-state index contributed by atoms with van der Waals surface area (Å²) in [6.07, 6.45) is 0. The molecule has 1 atom stereocenters. The van der Waals surface area contributed by atoms with Crippen molar-refractivity contribution in [1.29, 1.82) is 0 Å². The molecule has 0 spiro atoms. The number of amides is 1. The number of carbonyl (C=O) groups is 2. The van der Waals surface area contributed by atoms with Crippen molar-refractivity contribution in [3.63, 3.8) is 0 Å². The number of aryl methyl sites for hydroxylation is 1. The Kier molecular flexibility index (Phi) is 6.31. The zero-order valence-electron chi connectivity index (χ0n) is 15.1. The van der Waals surface area contributed by atoms with Gasteiger partial charge in [0.2, 0.25) is 5.91 Å². The van der Waals surface area contributed by atoms with Crippen molar-refractivity contribution in [3.8, 4) is 0 Å². The molecule has 2 aromatic rings. The third-order valence-corrected chi connectivity index (χ3v) is 4.25. The van der Waals surface area contributed by atoms with Crippen LogP contribution >= 0.6 is 0 Å². The molecule has 0 saturated heterocycles. The monoisotopic (exact) mass is 340 g/mol. The first kappa shape index (κ1) is 18.7. The molecule has 2 rings (SSSR count). The number of benzene rings is 2. The predicted molar refractivity (Wildman–Crippen MR) is 98.4 cm³/mol. The van der Waals surface area contributed by atoms with Crippen LogP contribution in [0.15, 0.2) is 48.5 Å². The van der Waals surface area contributed by atoms with E-state index in [0.717, 1.165) is 22.4 Å². The van der Waals surface area contributed by atoms with E-state index in [1.165, 1.54) is 7.11 Å². The Bertz CT molecular complexity index is 744. The summed E-state index contributed by atoms with van der Waals surface area (Å²) in [5.74, 6) is -0.575. The molecule has 1 amide bonds. The molecule has 5 heteroatoms. The summed E-state index contributed by atoms with van der Waals surface area (Å²) in [5.41, 5.74) is 3.72. The van der Waals surface area contributed by atoms with Gasteiger partial charge >= 0.3 is 5.97 Å². The van der Waals surface area contributed by atoms with Crippen LogP contribution in [0.2, 0.25) is 0 Å². The number of nitrogens with zero attached hydrogens (tertiary/aromatic N) is 1. The van der Waals surface area contributed by atoms with E-state index in [4.69, 9.17) is 4.74 Å². The summed E-state index contributed by atoms with van der Waals surface area (Å²) >= 11 is 0. The number of nitrogens with one attached hydrogen (secondary N) is 1. The summed E-state index contributed by atoms with van der Waals surface area (Å²) in [5, 5.41) is 2.91. The van der Waals surface area contributed by atoms with Crippen molar-refractivity contribution in [2.45, 2.75) is 19.9 Å². The van der Waals surface area contributed by atoms with Crippen LogP contribution < -0.4 is 5.32 Å². The number of hydrogen-bond acceptors (Lipinski definition) is 4. The average molecular weight is 340 g/mol. The van der Waals surface area contributed by atoms with Crippen LogP contribution in [0.1, 0.15) is 22.7 Å². The Morgan fingerprint density at radius 1 is 1.08 bits per heavy atom. The van der Waals surface area contributed by atoms with Gasteiger partial charge in [0.15, 0.2) is 0 Å². The Balaban J connectivity index is 2.12. The van der Waals surface area contributed by atoms with Crippen molar-refractivity contribution in [2.75, 3.05) is 26.0 Å². The smallest absolute Gasteiger partial charge is 0.327 e. The van der Waals surface area contributed by atoms with E-state index < -0.39 is 12.0 Å². The largest absolute Gasteiger partial charge is 0.468 e. The first-order valence-corrected chi connectivity index (χ1v) is 8.13. The highest BCUT2D eigenvalue weighted by Crippen LogP contribution is 2.21. The molecule has 0 aliphatic heterocycles. The number of hydrogen-bond donors (Lipinski definition) is 1. The van der Waals surface area contributed by atoms with Crippen LogP contribution in [0.5, 0.6) is 0 Å². The zero-order valence-corrected chi connectivity index (χ0v) is 15.1. The number of rotatable bonds is 6. The molecule has 0 bridgehead atoms. The van der Waals surface area contributed by atoms with Gasteiger partial charge < -0.3 is 10.1 Å². The molecule has 0 saturated carbocycles. The fourth-order valence-electron chi connectivity index (χ4n) is 2.71. The molecule has 0 heterocycles. The molecule has 5 nitrogen and oxygen atoms in total. The number of methoxy groups -OCH3 is 1. The number of likely N-dealkylation sites (N-methyl/N-ethyl adjacent to an activating group) is 1. The van der Waals surface area contributed by atoms with E-state index in [0.29, 0.717) is 0 Å². The van der Waals surface area contributed by atoms with Gasteiger partial charge in [0.25, 0.3) is 0 Å². The molecular formula is C20H24N2O3. The van der Waals surface area contributed by atoms with Crippen LogP contribution in [0, 0.1) is 13.8 Å². The molecule has 0 aliphatic rings. The van der Waals surface area contributed by atoms with Crippen molar-refractivity contribution >= 4 is 17.6 Å². The van der Waals surface area contributed by atoms with Crippen LogP contribution in [0.3, 0.4) is 0 Å². The zero-order chi connectivity index (χ0) is 18.4. The van der Waals surface area contributed by atoms with Gasteiger partial charge in [-0.05, 0) is 43.7 Å². The molecule has 0 aliphatic carbocycles. The Morgan fingerprint density at radius 3 is 2.40 bits per heavy atom. The Morgan fingerprint density at radius 2 is 1.76 bits per heavy atom. The fraction of sp³-hybridized carbons (Fsp3) is 0.300. The molecule has 1 N–H and O–H groups in total. The van der Waals surface area contributed by atoms with E-state index in [1.54, 1.807) is 11.9 Å². The third-order valence-electron chi connectivity index (χ3n) is 4.25. The number of anilines is 1. The first-order valence-electron chi connectivity index (χ1n) is 8.13. The van der Waals surface area contributed by atoms with Crippen LogP contribution in [0.25, 0.3) is 0 Å². The maximum atomic E-state index is 12.4. The predicted octanol–water partition coefficient (Wildman–Crippen LogP) is 3.09. The highest BCUT2D eigenvalue weighted by Gasteiger charge is 2.27. The summed E-state index contributed by atoms with van der Waals surface area (Å²) in [6, 6.07) is 14.4. The van der Waals surface area contributed by atoms with E-state index in [1.807, 2.05) is 62.4 Å². The minimum atomic E-state index is -0.629. The molecule has 0 aromatic heterocycles. The molecule has 132 valence electrons. The molecule has 25 heavy (non-hydrogen) atoms. The van der Waals surface area contributed by atoms with Crippen molar-refractivity contribution in [1.82, 2.24) is 4.90 Å². The lowest BCUT2D eigenvalue weighted by molar-refractivity contribution is -0.147. The second-order valence-corrected chi connectivity index (χ2v) is 6.05. The Labute approximate surface area is 148 Å². The molecule has 0 radical (unpaired) electrons. The summed E-state index contributed by atoms with van der Waals surface area (Å²) in [6.45, 7) is 4.04. The first-order chi connectivity index (χ1) is 11.9. The highest BCUT2D eigenvalue weighted by atomic mass is 16.5. The van der Waals surface area contributed by atoms with Crippen LogP contribution in [-0.2, 0) is 14.3 Å². The minimum Gasteiger partial charge on any atom is -0.468 e. The average Bonchev–Trinajstić information content (AvgIpc) is 2.59. The second kappa shape index (κ2) is 8.44. The summed E-state index contributed by atoms with van der Waals surface area (Å²) in [7, 11) is 3.08. The fourth-order valence-corrected chi connectivity index (χ4v) is 2.71. The van der Waals surface area contributed by atoms with Gasteiger partial charge in [0, 0.05) is 5.69 Å². The van der Waals surface area contributed by atoms with Crippen LogP contribution in [0.4, 0.5) is 5.69 Å². The van der Waals surface area contributed by atoms with E-state index in [-0.39, 0.29) is 12.5 Å². The lowest BCUT2D eigenvalue weighted by atomic mass is 10.1. The molecule has 0 fully saturated rings. The van der Waals surface area contributed by atoms with Crippen LogP contribution in [-0.4, -0.2) is 37.5 Å². The molecule has 1 unspecified atom stereocenters. The van der Waals surface area contributed by atoms with E-state index in [2.05, 4.69) is 5.32 Å².